The summed E-state index contributed by atoms with van der Waals surface area (Å²) in [5.74, 6) is 0.108. The molecule has 1 saturated carbocycles. The molecule has 0 unspecified atom stereocenters. The fourth-order valence-electron chi connectivity index (χ4n) is 3.88. The highest BCUT2D eigenvalue weighted by molar-refractivity contribution is 5.88. The van der Waals surface area contributed by atoms with Gasteiger partial charge in [0.2, 0.25) is 5.91 Å². The average Bonchev–Trinajstić information content (AvgIpc) is 2.92. The van der Waals surface area contributed by atoms with E-state index in [0.717, 1.165) is 42.1 Å². The maximum atomic E-state index is 13.1. The molecule has 1 fully saturated rings. The first-order chi connectivity index (χ1) is 14.0. The molecule has 0 spiro atoms. The number of alkyl carbamates (subject to hydrolysis) is 1. The van der Waals surface area contributed by atoms with E-state index in [4.69, 9.17) is 4.74 Å². The summed E-state index contributed by atoms with van der Waals surface area (Å²) >= 11 is 0. The number of hydrogen-bond donors (Lipinski definition) is 3. The number of rotatable bonds is 7. The minimum absolute atomic E-state index is 0.135. The second-order valence-corrected chi connectivity index (χ2v) is 8.45. The maximum absolute atomic E-state index is 13.1. The molecule has 0 radical (unpaired) electrons. The Kier molecular flexibility index (Phi) is 7.55. The summed E-state index contributed by atoms with van der Waals surface area (Å²) < 4.78 is 5.26. The Morgan fingerprint density at radius 2 is 1.86 bits per heavy atom. The SMILES string of the molecule is CC(C)COC(=O)N[C@@H](Cc1c[nH]c2ccccc12)C(=O)NC1CCCCCC1. The molecule has 0 aliphatic heterocycles. The van der Waals surface area contributed by atoms with E-state index in [0.29, 0.717) is 13.0 Å². The third kappa shape index (κ3) is 6.24. The smallest absolute Gasteiger partial charge is 0.407 e. The van der Waals surface area contributed by atoms with Gasteiger partial charge in [0.15, 0.2) is 0 Å². The van der Waals surface area contributed by atoms with Gasteiger partial charge in [-0.2, -0.15) is 0 Å². The van der Waals surface area contributed by atoms with E-state index in [2.05, 4.69) is 15.6 Å². The Morgan fingerprint density at radius 3 is 2.59 bits per heavy atom. The van der Waals surface area contributed by atoms with Crippen molar-refractivity contribution in [2.45, 2.75) is 70.9 Å². The van der Waals surface area contributed by atoms with E-state index in [-0.39, 0.29) is 17.9 Å². The fraction of sp³-hybridized carbons (Fsp3) is 0.565. The molecule has 3 N–H and O–H groups in total. The van der Waals surface area contributed by atoms with Crippen LogP contribution < -0.4 is 10.6 Å². The first kappa shape index (κ1) is 21.2. The van der Waals surface area contributed by atoms with Crippen molar-refractivity contribution in [1.82, 2.24) is 15.6 Å². The van der Waals surface area contributed by atoms with E-state index >= 15 is 0 Å². The van der Waals surface area contributed by atoms with Crippen LogP contribution in [0.3, 0.4) is 0 Å². The monoisotopic (exact) mass is 399 g/mol. The summed E-state index contributed by atoms with van der Waals surface area (Å²) in [7, 11) is 0. The highest BCUT2D eigenvalue weighted by Gasteiger charge is 2.26. The number of fused-ring (bicyclic) bond motifs is 1. The van der Waals surface area contributed by atoms with Gasteiger partial charge in [0.25, 0.3) is 0 Å². The zero-order valence-corrected chi connectivity index (χ0v) is 17.5. The number of amides is 2. The zero-order chi connectivity index (χ0) is 20.6. The zero-order valence-electron chi connectivity index (χ0n) is 17.5. The number of nitrogens with one attached hydrogen (secondary N) is 3. The molecule has 1 aliphatic carbocycles. The lowest BCUT2D eigenvalue weighted by molar-refractivity contribution is -0.123. The number of carbonyl (C=O) groups excluding carboxylic acids is 2. The van der Waals surface area contributed by atoms with Crippen molar-refractivity contribution < 1.29 is 14.3 Å². The predicted octanol–water partition coefficient (Wildman–Crippen LogP) is 4.30. The lowest BCUT2D eigenvalue weighted by atomic mass is 10.0. The largest absolute Gasteiger partial charge is 0.449 e. The normalized spacial score (nSPS) is 16.4. The fourth-order valence-corrected chi connectivity index (χ4v) is 3.88. The standard InChI is InChI=1S/C23H33N3O3/c1-16(2)15-29-23(28)26-21(22(27)25-18-9-5-3-4-6-10-18)13-17-14-24-20-12-8-7-11-19(17)20/h7-8,11-12,14,16,18,21,24H,3-6,9-10,13,15H2,1-2H3,(H,25,27)(H,26,28)/t21-/m0/s1. The molecule has 1 aromatic carbocycles. The molecule has 6 nitrogen and oxygen atoms in total. The minimum Gasteiger partial charge on any atom is -0.449 e. The van der Waals surface area contributed by atoms with Crippen molar-refractivity contribution in [3.05, 3.63) is 36.0 Å². The van der Waals surface area contributed by atoms with Crippen molar-refractivity contribution in [2.75, 3.05) is 6.61 Å². The first-order valence-electron chi connectivity index (χ1n) is 10.8. The highest BCUT2D eigenvalue weighted by Crippen LogP contribution is 2.20. The van der Waals surface area contributed by atoms with Gasteiger partial charge in [-0.15, -0.1) is 0 Å². The molecule has 2 aromatic rings. The Labute approximate surface area is 172 Å². The molecule has 29 heavy (non-hydrogen) atoms. The van der Waals surface area contributed by atoms with Gasteiger partial charge in [-0.1, -0.05) is 57.7 Å². The minimum atomic E-state index is -0.669. The van der Waals surface area contributed by atoms with Crippen molar-refractivity contribution in [1.29, 1.82) is 0 Å². The Bertz CT molecular complexity index is 807. The van der Waals surface area contributed by atoms with Crippen LogP contribution in [0.5, 0.6) is 0 Å². The van der Waals surface area contributed by atoms with Gasteiger partial charge in [-0.25, -0.2) is 4.79 Å². The van der Waals surface area contributed by atoms with E-state index < -0.39 is 12.1 Å². The molecular weight excluding hydrogens is 366 g/mol. The number of para-hydroxylation sites is 1. The van der Waals surface area contributed by atoms with Gasteiger partial charge in [0, 0.05) is 29.6 Å². The van der Waals surface area contributed by atoms with Gasteiger partial charge < -0.3 is 20.4 Å². The number of benzene rings is 1. The summed E-state index contributed by atoms with van der Waals surface area (Å²) in [6, 6.07) is 7.49. The summed E-state index contributed by atoms with van der Waals surface area (Å²) in [5.41, 5.74) is 2.03. The van der Waals surface area contributed by atoms with E-state index in [1.807, 2.05) is 44.3 Å². The average molecular weight is 400 g/mol. The molecule has 1 aromatic heterocycles. The number of aromatic nitrogens is 1. The summed E-state index contributed by atoms with van der Waals surface area (Å²) in [4.78, 5) is 28.6. The Morgan fingerprint density at radius 1 is 1.14 bits per heavy atom. The Balaban J connectivity index is 1.71. The third-order valence-corrected chi connectivity index (χ3v) is 5.46. The van der Waals surface area contributed by atoms with Crippen LogP contribution in [0, 0.1) is 5.92 Å². The summed E-state index contributed by atoms with van der Waals surface area (Å²) in [5, 5.41) is 7.03. The van der Waals surface area contributed by atoms with Crippen molar-refractivity contribution in [3.8, 4) is 0 Å². The highest BCUT2D eigenvalue weighted by atomic mass is 16.5. The van der Waals surface area contributed by atoms with Crippen LogP contribution in [0.15, 0.2) is 30.5 Å². The van der Waals surface area contributed by atoms with Crippen molar-refractivity contribution in [3.63, 3.8) is 0 Å². The molecule has 1 atom stereocenters. The predicted molar refractivity (Wildman–Crippen MR) is 115 cm³/mol. The van der Waals surface area contributed by atoms with E-state index in [1.54, 1.807) is 0 Å². The van der Waals surface area contributed by atoms with Crippen LogP contribution in [0.4, 0.5) is 4.79 Å². The van der Waals surface area contributed by atoms with Crippen LogP contribution in [-0.2, 0) is 16.0 Å². The molecule has 6 heteroatoms. The van der Waals surface area contributed by atoms with Crippen LogP contribution in [0.1, 0.15) is 57.9 Å². The van der Waals surface area contributed by atoms with Gasteiger partial charge >= 0.3 is 6.09 Å². The number of H-pyrrole nitrogens is 1. The van der Waals surface area contributed by atoms with Gasteiger partial charge in [-0.05, 0) is 30.4 Å². The summed E-state index contributed by atoms with van der Waals surface area (Å²) in [6.45, 7) is 4.29. The lowest BCUT2D eigenvalue weighted by Crippen LogP contribution is -2.50. The maximum Gasteiger partial charge on any atom is 0.407 e. The van der Waals surface area contributed by atoms with Crippen LogP contribution >= 0.6 is 0 Å². The topological polar surface area (TPSA) is 83.2 Å². The number of aromatic amines is 1. The van der Waals surface area contributed by atoms with E-state index in [1.165, 1.54) is 12.8 Å². The summed E-state index contributed by atoms with van der Waals surface area (Å²) in [6.07, 6.45) is 8.53. The second-order valence-electron chi connectivity index (χ2n) is 8.45. The molecular formula is C23H33N3O3. The molecule has 0 saturated heterocycles. The number of ether oxygens (including phenoxy) is 1. The molecule has 2 amide bonds. The van der Waals surface area contributed by atoms with E-state index in [9.17, 15) is 9.59 Å². The van der Waals surface area contributed by atoms with Crippen molar-refractivity contribution in [2.24, 2.45) is 5.92 Å². The van der Waals surface area contributed by atoms with Gasteiger partial charge in [0.1, 0.15) is 6.04 Å². The van der Waals surface area contributed by atoms with Gasteiger partial charge in [0.05, 0.1) is 6.61 Å². The van der Waals surface area contributed by atoms with Gasteiger partial charge in [-0.3, -0.25) is 4.79 Å². The third-order valence-electron chi connectivity index (χ3n) is 5.46. The quantitative estimate of drug-likeness (QED) is 0.607. The molecule has 158 valence electrons. The Hall–Kier alpha value is -2.50. The molecule has 1 heterocycles. The molecule has 1 aliphatic rings. The van der Waals surface area contributed by atoms with Crippen LogP contribution in [0.2, 0.25) is 0 Å². The molecule has 3 rings (SSSR count). The van der Waals surface area contributed by atoms with Crippen LogP contribution in [-0.4, -0.2) is 35.7 Å². The second kappa shape index (κ2) is 10.3. The van der Waals surface area contributed by atoms with Crippen molar-refractivity contribution >= 4 is 22.9 Å². The number of hydrogen-bond acceptors (Lipinski definition) is 3. The first-order valence-corrected chi connectivity index (χ1v) is 10.8. The lowest BCUT2D eigenvalue weighted by Gasteiger charge is -2.22. The van der Waals surface area contributed by atoms with Crippen LogP contribution in [0.25, 0.3) is 10.9 Å². The number of carbonyl (C=O) groups is 2. The molecule has 0 bridgehead atoms.